The Balaban J connectivity index is 1.70. The predicted octanol–water partition coefficient (Wildman–Crippen LogP) is 2.68. The Morgan fingerprint density at radius 3 is 2.59 bits per heavy atom. The lowest BCUT2D eigenvalue weighted by Gasteiger charge is -2.39. The van der Waals surface area contributed by atoms with Crippen LogP contribution in [0.5, 0.6) is 0 Å². The number of nitrogens with zero attached hydrogens (tertiary/aromatic N) is 1. The van der Waals surface area contributed by atoms with Gasteiger partial charge in [0.15, 0.2) is 0 Å². The molecule has 2 aromatic carbocycles. The molecule has 0 spiro atoms. The Kier molecular flexibility index (Phi) is 5.07. The highest BCUT2D eigenvalue weighted by Crippen LogP contribution is 2.29. The number of hydrogen-bond donors (Lipinski definition) is 2. The van der Waals surface area contributed by atoms with E-state index in [1.165, 1.54) is 0 Å². The van der Waals surface area contributed by atoms with Gasteiger partial charge < -0.3 is 14.8 Å². The Bertz CT molecular complexity index is 962. The van der Waals surface area contributed by atoms with Gasteiger partial charge in [0.25, 0.3) is 5.56 Å². The molecule has 0 saturated carbocycles. The van der Waals surface area contributed by atoms with Gasteiger partial charge in [0, 0.05) is 30.8 Å². The summed E-state index contributed by atoms with van der Waals surface area (Å²) < 4.78 is 5.62. The minimum atomic E-state index is -0.464. The van der Waals surface area contributed by atoms with Crippen molar-refractivity contribution in [1.82, 2.24) is 9.88 Å². The van der Waals surface area contributed by atoms with Crippen LogP contribution in [0.15, 0.2) is 65.5 Å². The third-order valence-electron chi connectivity index (χ3n) is 5.46. The molecule has 27 heavy (non-hydrogen) atoms. The lowest BCUT2D eigenvalue weighted by atomic mass is 9.95. The molecule has 1 saturated heterocycles. The van der Waals surface area contributed by atoms with Crippen molar-refractivity contribution in [3.05, 3.63) is 82.1 Å². The van der Waals surface area contributed by atoms with Crippen LogP contribution in [0.3, 0.4) is 0 Å². The number of H-pyrrole nitrogens is 1. The molecule has 1 aliphatic heterocycles. The molecule has 1 fully saturated rings. The summed E-state index contributed by atoms with van der Waals surface area (Å²) in [5, 5.41) is 11.2. The van der Waals surface area contributed by atoms with Gasteiger partial charge in [-0.05, 0) is 29.5 Å². The highest BCUT2D eigenvalue weighted by atomic mass is 16.5. The molecule has 0 radical (unpaired) electrons. The van der Waals surface area contributed by atoms with E-state index < -0.39 is 5.54 Å². The maximum Gasteiger partial charge on any atom is 0.252 e. The molecular formula is C22H24N2O3. The van der Waals surface area contributed by atoms with E-state index in [1.807, 2.05) is 48.5 Å². The molecule has 0 aliphatic carbocycles. The first kappa shape index (κ1) is 17.9. The molecule has 5 nitrogen and oxygen atoms in total. The average Bonchev–Trinajstić information content (AvgIpc) is 3.19. The molecule has 2 heterocycles. The third kappa shape index (κ3) is 3.67. The lowest BCUT2D eigenvalue weighted by Crippen LogP contribution is -2.52. The first-order valence-electron chi connectivity index (χ1n) is 9.29. The Labute approximate surface area is 158 Å². The molecule has 140 valence electrons. The number of nitrogens with one attached hydrogen (secondary N) is 1. The summed E-state index contributed by atoms with van der Waals surface area (Å²) in [5.41, 5.74) is 2.13. The van der Waals surface area contributed by atoms with Crippen molar-refractivity contribution < 1.29 is 9.84 Å². The SMILES string of the molecule is O=c1[nH]c2ccccc2cc1CN(Cc1ccccc1)C1(CO)CCOC1. The maximum atomic E-state index is 12.7. The van der Waals surface area contributed by atoms with Gasteiger partial charge in [-0.25, -0.2) is 0 Å². The van der Waals surface area contributed by atoms with Crippen LogP contribution in [0, 0.1) is 0 Å². The molecule has 0 amide bonds. The van der Waals surface area contributed by atoms with Crippen LogP contribution in [-0.2, 0) is 17.8 Å². The molecule has 2 N–H and O–H groups in total. The van der Waals surface area contributed by atoms with Crippen molar-refractivity contribution in [2.45, 2.75) is 25.0 Å². The molecule has 5 heteroatoms. The smallest absolute Gasteiger partial charge is 0.252 e. The van der Waals surface area contributed by atoms with E-state index in [1.54, 1.807) is 0 Å². The number of benzene rings is 2. The molecule has 1 atom stereocenters. The first-order chi connectivity index (χ1) is 13.2. The van der Waals surface area contributed by atoms with E-state index in [0.717, 1.165) is 22.9 Å². The molecule has 1 aliphatic rings. The lowest BCUT2D eigenvalue weighted by molar-refractivity contribution is 0.00742. The van der Waals surface area contributed by atoms with Gasteiger partial charge >= 0.3 is 0 Å². The van der Waals surface area contributed by atoms with Gasteiger partial charge in [0.1, 0.15) is 0 Å². The summed E-state index contributed by atoms with van der Waals surface area (Å²) in [4.78, 5) is 17.8. The minimum absolute atomic E-state index is 0.00528. The summed E-state index contributed by atoms with van der Waals surface area (Å²) in [7, 11) is 0. The van der Waals surface area contributed by atoms with Crippen LogP contribution in [0.4, 0.5) is 0 Å². The second kappa shape index (κ2) is 7.64. The van der Waals surface area contributed by atoms with E-state index in [4.69, 9.17) is 4.74 Å². The molecular weight excluding hydrogens is 340 g/mol. The molecule has 4 rings (SSSR count). The van der Waals surface area contributed by atoms with Crippen molar-refractivity contribution in [2.24, 2.45) is 0 Å². The number of pyridine rings is 1. The summed E-state index contributed by atoms with van der Waals surface area (Å²) in [6.07, 6.45) is 0.752. The van der Waals surface area contributed by atoms with Crippen LogP contribution in [-0.4, -0.2) is 40.3 Å². The highest BCUT2D eigenvalue weighted by Gasteiger charge is 2.40. The molecule has 1 unspecified atom stereocenters. The second-order valence-corrected chi connectivity index (χ2v) is 7.24. The van der Waals surface area contributed by atoms with Crippen molar-refractivity contribution in [3.8, 4) is 0 Å². The van der Waals surface area contributed by atoms with Crippen molar-refractivity contribution >= 4 is 10.9 Å². The maximum absolute atomic E-state index is 12.7. The zero-order chi connectivity index (χ0) is 18.7. The summed E-state index contributed by atoms with van der Waals surface area (Å²) in [6.45, 7) is 2.21. The Hall–Kier alpha value is -2.47. The molecule has 1 aromatic heterocycles. The monoisotopic (exact) mass is 364 g/mol. The summed E-state index contributed by atoms with van der Waals surface area (Å²) in [5.74, 6) is 0. The highest BCUT2D eigenvalue weighted by molar-refractivity contribution is 5.78. The zero-order valence-electron chi connectivity index (χ0n) is 15.2. The van der Waals surface area contributed by atoms with E-state index in [0.29, 0.717) is 31.9 Å². The number of hydrogen-bond acceptors (Lipinski definition) is 4. The van der Waals surface area contributed by atoms with Gasteiger partial charge in [-0.2, -0.15) is 0 Å². The van der Waals surface area contributed by atoms with Gasteiger partial charge in [-0.3, -0.25) is 9.69 Å². The zero-order valence-corrected chi connectivity index (χ0v) is 15.2. The Morgan fingerprint density at radius 1 is 1.07 bits per heavy atom. The van der Waals surface area contributed by atoms with Crippen molar-refractivity contribution in [1.29, 1.82) is 0 Å². The minimum Gasteiger partial charge on any atom is -0.394 e. The van der Waals surface area contributed by atoms with Crippen molar-refractivity contribution in [3.63, 3.8) is 0 Å². The number of ether oxygens (including phenoxy) is 1. The summed E-state index contributed by atoms with van der Waals surface area (Å²) >= 11 is 0. The van der Waals surface area contributed by atoms with E-state index in [9.17, 15) is 9.90 Å². The van der Waals surface area contributed by atoms with Gasteiger partial charge in [0.2, 0.25) is 0 Å². The number of aromatic amines is 1. The van der Waals surface area contributed by atoms with Crippen LogP contribution in [0.1, 0.15) is 17.5 Å². The number of aliphatic hydroxyl groups excluding tert-OH is 1. The predicted molar refractivity (Wildman–Crippen MR) is 106 cm³/mol. The fraction of sp³-hybridized carbons (Fsp3) is 0.318. The Morgan fingerprint density at radius 2 is 1.85 bits per heavy atom. The normalized spacial score (nSPS) is 19.8. The fourth-order valence-electron chi connectivity index (χ4n) is 3.78. The van der Waals surface area contributed by atoms with E-state index >= 15 is 0 Å². The number of rotatable bonds is 6. The van der Waals surface area contributed by atoms with Crippen LogP contribution in [0.2, 0.25) is 0 Å². The van der Waals surface area contributed by atoms with E-state index in [-0.39, 0.29) is 12.2 Å². The number of fused-ring (bicyclic) bond motifs is 1. The van der Waals surface area contributed by atoms with Crippen LogP contribution in [0.25, 0.3) is 10.9 Å². The van der Waals surface area contributed by atoms with Crippen LogP contribution < -0.4 is 5.56 Å². The standard InChI is InChI=1S/C22H24N2O3/c25-15-22(10-11-27-16-22)24(13-17-6-2-1-3-7-17)14-19-12-18-8-4-5-9-20(18)23-21(19)26/h1-9,12,25H,10-11,13-16H2,(H,23,26). The number of aliphatic hydroxyl groups is 1. The molecule has 0 bridgehead atoms. The molecule has 3 aromatic rings. The number of para-hydroxylation sites is 1. The van der Waals surface area contributed by atoms with Gasteiger partial charge in [-0.15, -0.1) is 0 Å². The van der Waals surface area contributed by atoms with Gasteiger partial charge in [-0.1, -0.05) is 48.5 Å². The first-order valence-corrected chi connectivity index (χ1v) is 9.29. The largest absolute Gasteiger partial charge is 0.394 e. The van der Waals surface area contributed by atoms with Crippen molar-refractivity contribution in [2.75, 3.05) is 19.8 Å². The average molecular weight is 364 g/mol. The third-order valence-corrected chi connectivity index (χ3v) is 5.46. The number of aromatic nitrogens is 1. The quantitative estimate of drug-likeness (QED) is 0.706. The summed E-state index contributed by atoms with van der Waals surface area (Å²) in [6, 6.07) is 19.9. The fourth-order valence-corrected chi connectivity index (χ4v) is 3.78. The van der Waals surface area contributed by atoms with Crippen LogP contribution >= 0.6 is 0 Å². The second-order valence-electron chi connectivity index (χ2n) is 7.24. The topological polar surface area (TPSA) is 65.6 Å². The van der Waals surface area contributed by atoms with Gasteiger partial charge in [0.05, 0.1) is 18.8 Å². The van der Waals surface area contributed by atoms with E-state index in [2.05, 4.69) is 22.0 Å².